The lowest BCUT2D eigenvalue weighted by Crippen LogP contribution is -2.19. The molecule has 0 amide bonds. The van der Waals surface area contributed by atoms with Crippen LogP contribution in [0, 0.1) is 0 Å². The van der Waals surface area contributed by atoms with E-state index < -0.39 is 5.97 Å². The van der Waals surface area contributed by atoms with Crippen LogP contribution in [0.5, 0.6) is 0 Å². The first kappa shape index (κ1) is 11.2. The monoisotopic (exact) mass is 172 g/mol. The van der Waals surface area contributed by atoms with E-state index in [4.69, 9.17) is 9.47 Å². The summed E-state index contributed by atoms with van der Waals surface area (Å²) in [5, 5.41) is 0. The fourth-order valence-corrected chi connectivity index (χ4v) is 0.674. The lowest BCUT2D eigenvalue weighted by molar-refractivity contribution is -0.144. The third-order valence-electron chi connectivity index (χ3n) is 1.19. The number of hydrogen-bond acceptors (Lipinski definition) is 3. The quantitative estimate of drug-likeness (QED) is 0.346. The third-order valence-corrected chi connectivity index (χ3v) is 1.19. The van der Waals surface area contributed by atoms with Gasteiger partial charge in [0.15, 0.2) is 0 Å². The molecule has 0 saturated carbocycles. The van der Waals surface area contributed by atoms with Crippen LogP contribution in [0.15, 0.2) is 12.7 Å². The summed E-state index contributed by atoms with van der Waals surface area (Å²) in [5.41, 5.74) is 0. The van der Waals surface area contributed by atoms with Crippen LogP contribution in [-0.2, 0) is 14.3 Å². The van der Waals surface area contributed by atoms with Crippen molar-refractivity contribution in [3.8, 4) is 0 Å². The molecule has 0 N–H and O–H groups in total. The molecule has 0 spiro atoms. The second-order valence-corrected chi connectivity index (χ2v) is 2.53. The summed E-state index contributed by atoms with van der Waals surface area (Å²) < 4.78 is 10.0. The Bertz CT molecular complexity index is 143. The van der Waals surface area contributed by atoms with Crippen molar-refractivity contribution in [3.05, 3.63) is 12.7 Å². The SMILES string of the molecule is C=CC(=O)OC(C)COCCC. The second-order valence-electron chi connectivity index (χ2n) is 2.53. The normalized spacial score (nSPS) is 12.2. The highest BCUT2D eigenvalue weighted by Gasteiger charge is 2.05. The number of carbonyl (C=O) groups is 1. The third kappa shape index (κ3) is 5.92. The molecular weight excluding hydrogens is 156 g/mol. The highest BCUT2D eigenvalue weighted by atomic mass is 16.6. The average molecular weight is 172 g/mol. The topological polar surface area (TPSA) is 35.5 Å². The molecule has 0 rings (SSSR count). The minimum Gasteiger partial charge on any atom is -0.457 e. The maximum absolute atomic E-state index is 10.7. The van der Waals surface area contributed by atoms with Crippen molar-refractivity contribution in [1.29, 1.82) is 0 Å². The molecule has 0 aromatic heterocycles. The van der Waals surface area contributed by atoms with Crippen molar-refractivity contribution in [3.63, 3.8) is 0 Å². The molecule has 12 heavy (non-hydrogen) atoms. The van der Waals surface area contributed by atoms with Gasteiger partial charge in [0.05, 0.1) is 6.61 Å². The van der Waals surface area contributed by atoms with Crippen molar-refractivity contribution in [2.75, 3.05) is 13.2 Å². The van der Waals surface area contributed by atoms with Gasteiger partial charge in [-0.25, -0.2) is 4.79 Å². The Kier molecular flexibility index (Phi) is 6.38. The summed E-state index contributed by atoms with van der Waals surface area (Å²) in [5.74, 6) is -0.400. The van der Waals surface area contributed by atoms with Crippen LogP contribution in [0.25, 0.3) is 0 Å². The molecule has 0 heterocycles. The molecule has 0 aromatic carbocycles. The number of carbonyl (C=O) groups excluding carboxylic acids is 1. The van der Waals surface area contributed by atoms with Gasteiger partial charge in [-0.15, -0.1) is 0 Å². The van der Waals surface area contributed by atoms with Gasteiger partial charge in [0.25, 0.3) is 0 Å². The molecular formula is C9H16O3. The van der Waals surface area contributed by atoms with Crippen molar-refractivity contribution >= 4 is 5.97 Å². The second kappa shape index (κ2) is 6.85. The summed E-state index contributed by atoms with van der Waals surface area (Å²) in [4.78, 5) is 10.7. The van der Waals surface area contributed by atoms with Gasteiger partial charge in [0.1, 0.15) is 6.10 Å². The predicted molar refractivity (Wildman–Crippen MR) is 46.9 cm³/mol. The maximum atomic E-state index is 10.7. The van der Waals surface area contributed by atoms with Crippen molar-refractivity contribution in [1.82, 2.24) is 0 Å². The minimum atomic E-state index is -0.400. The zero-order valence-corrected chi connectivity index (χ0v) is 7.71. The highest BCUT2D eigenvalue weighted by molar-refractivity contribution is 5.81. The maximum Gasteiger partial charge on any atom is 0.330 e. The Balaban J connectivity index is 3.38. The van der Waals surface area contributed by atoms with E-state index >= 15 is 0 Å². The average Bonchev–Trinajstić information content (AvgIpc) is 2.05. The molecule has 0 aliphatic carbocycles. The van der Waals surface area contributed by atoms with Crippen LogP contribution in [0.2, 0.25) is 0 Å². The zero-order valence-electron chi connectivity index (χ0n) is 7.71. The van der Waals surface area contributed by atoms with Gasteiger partial charge >= 0.3 is 5.97 Å². The summed E-state index contributed by atoms with van der Waals surface area (Å²) >= 11 is 0. The van der Waals surface area contributed by atoms with E-state index in [1.807, 2.05) is 6.92 Å². The molecule has 0 radical (unpaired) electrons. The summed E-state index contributed by atoms with van der Waals surface area (Å²) in [6, 6.07) is 0. The molecule has 0 aromatic rings. The molecule has 0 fully saturated rings. The van der Waals surface area contributed by atoms with Gasteiger partial charge in [-0.3, -0.25) is 0 Å². The molecule has 1 unspecified atom stereocenters. The van der Waals surface area contributed by atoms with Gasteiger partial charge < -0.3 is 9.47 Å². The van der Waals surface area contributed by atoms with E-state index in [1.54, 1.807) is 6.92 Å². The fraction of sp³-hybridized carbons (Fsp3) is 0.667. The van der Waals surface area contributed by atoms with Crippen LogP contribution in [-0.4, -0.2) is 25.3 Å². The predicted octanol–water partition coefficient (Wildman–Crippen LogP) is 1.53. The first-order chi connectivity index (χ1) is 5.70. The number of ether oxygens (including phenoxy) is 2. The number of rotatable bonds is 6. The Hall–Kier alpha value is -0.830. The van der Waals surface area contributed by atoms with Gasteiger partial charge in [-0.2, -0.15) is 0 Å². The van der Waals surface area contributed by atoms with Crippen LogP contribution < -0.4 is 0 Å². The summed E-state index contributed by atoms with van der Waals surface area (Å²) in [7, 11) is 0. The largest absolute Gasteiger partial charge is 0.457 e. The van der Waals surface area contributed by atoms with E-state index in [-0.39, 0.29) is 6.10 Å². The minimum absolute atomic E-state index is 0.193. The lowest BCUT2D eigenvalue weighted by Gasteiger charge is -2.11. The van der Waals surface area contributed by atoms with Gasteiger partial charge in [-0.05, 0) is 13.3 Å². The Morgan fingerprint density at radius 3 is 2.83 bits per heavy atom. The number of esters is 1. The van der Waals surface area contributed by atoms with Crippen LogP contribution in [0.1, 0.15) is 20.3 Å². The molecule has 1 atom stereocenters. The molecule has 0 aliphatic rings. The van der Waals surface area contributed by atoms with Crippen LogP contribution in [0.4, 0.5) is 0 Å². The fourth-order valence-electron chi connectivity index (χ4n) is 0.674. The molecule has 3 heteroatoms. The molecule has 0 aliphatic heterocycles. The molecule has 0 bridgehead atoms. The van der Waals surface area contributed by atoms with Crippen molar-refractivity contribution in [2.45, 2.75) is 26.4 Å². The molecule has 3 nitrogen and oxygen atoms in total. The lowest BCUT2D eigenvalue weighted by atomic mass is 10.4. The molecule has 70 valence electrons. The smallest absolute Gasteiger partial charge is 0.330 e. The first-order valence-corrected chi connectivity index (χ1v) is 4.11. The van der Waals surface area contributed by atoms with E-state index in [0.717, 1.165) is 12.5 Å². The Morgan fingerprint density at radius 1 is 1.67 bits per heavy atom. The van der Waals surface area contributed by atoms with Gasteiger partial charge in [0.2, 0.25) is 0 Å². The van der Waals surface area contributed by atoms with Gasteiger partial charge in [0, 0.05) is 12.7 Å². The van der Waals surface area contributed by atoms with E-state index in [9.17, 15) is 4.79 Å². The Labute approximate surface area is 73.4 Å². The van der Waals surface area contributed by atoms with E-state index in [1.165, 1.54) is 0 Å². The van der Waals surface area contributed by atoms with Crippen molar-refractivity contribution in [2.24, 2.45) is 0 Å². The van der Waals surface area contributed by atoms with E-state index in [2.05, 4.69) is 6.58 Å². The standard InChI is InChI=1S/C9H16O3/c1-4-6-11-7-8(3)12-9(10)5-2/h5,8H,2,4,6-7H2,1,3H3. The highest BCUT2D eigenvalue weighted by Crippen LogP contribution is 1.93. The zero-order chi connectivity index (χ0) is 9.40. The van der Waals surface area contributed by atoms with Gasteiger partial charge in [-0.1, -0.05) is 13.5 Å². The first-order valence-electron chi connectivity index (χ1n) is 4.11. The summed E-state index contributed by atoms with van der Waals surface area (Å²) in [6.07, 6.45) is 1.93. The van der Waals surface area contributed by atoms with Crippen molar-refractivity contribution < 1.29 is 14.3 Å². The summed E-state index contributed by atoms with van der Waals surface area (Å²) in [6.45, 7) is 8.27. The van der Waals surface area contributed by atoms with Crippen LogP contribution in [0.3, 0.4) is 0 Å². The molecule has 0 saturated heterocycles. The van der Waals surface area contributed by atoms with E-state index in [0.29, 0.717) is 13.2 Å². The van der Waals surface area contributed by atoms with Crippen LogP contribution >= 0.6 is 0 Å². The Morgan fingerprint density at radius 2 is 2.33 bits per heavy atom. The number of hydrogen-bond donors (Lipinski definition) is 0.